The number of anilines is 1. The summed E-state index contributed by atoms with van der Waals surface area (Å²) < 4.78 is 10.7. The van der Waals surface area contributed by atoms with Gasteiger partial charge in [-0.25, -0.2) is 10.2 Å². The molecule has 39 heavy (non-hydrogen) atoms. The Bertz CT molecular complexity index is 1540. The Kier molecular flexibility index (Phi) is 8.94. The van der Waals surface area contributed by atoms with Gasteiger partial charge < -0.3 is 14.8 Å². The van der Waals surface area contributed by atoms with Crippen LogP contribution in [0.5, 0.6) is 11.5 Å². The smallest absolute Gasteiger partial charge is 0.347 e. The molecule has 0 heterocycles. The largest absolute Gasteiger partial charge is 0.496 e. The molecule has 0 aromatic heterocycles. The van der Waals surface area contributed by atoms with Crippen molar-refractivity contribution in [3.63, 3.8) is 0 Å². The van der Waals surface area contributed by atoms with Gasteiger partial charge in [-0.15, -0.1) is 0 Å². The molecule has 10 heteroatoms. The second-order valence-electron chi connectivity index (χ2n) is 8.01. The fourth-order valence-corrected chi connectivity index (χ4v) is 3.78. The van der Waals surface area contributed by atoms with Gasteiger partial charge >= 0.3 is 5.97 Å². The normalized spacial score (nSPS) is 10.6. The van der Waals surface area contributed by atoms with Crippen LogP contribution in [0.2, 0.25) is 10.0 Å². The Morgan fingerprint density at radius 2 is 1.41 bits per heavy atom. The maximum absolute atomic E-state index is 12.8. The third kappa shape index (κ3) is 7.22. The number of hydrazone groups is 1. The molecule has 196 valence electrons. The molecule has 0 spiro atoms. The maximum Gasteiger partial charge on any atom is 0.347 e. The second kappa shape index (κ2) is 12.7. The highest BCUT2D eigenvalue weighted by Crippen LogP contribution is 2.27. The van der Waals surface area contributed by atoms with Crippen molar-refractivity contribution < 1.29 is 23.9 Å². The van der Waals surface area contributed by atoms with Crippen molar-refractivity contribution in [1.29, 1.82) is 0 Å². The summed E-state index contributed by atoms with van der Waals surface area (Å²) in [6.07, 6.45) is 1.30. The number of amides is 2. The summed E-state index contributed by atoms with van der Waals surface area (Å²) in [6.45, 7) is 0. The minimum absolute atomic E-state index is 0.138. The summed E-state index contributed by atoms with van der Waals surface area (Å²) in [7, 11) is 1.43. The van der Waals surface area contributed by atoms with E-state index in [1.807, 2.05) is 6.07 Å². The highest BCUT2D eigenvalue weighted by atomic mass is 35.5. The fraction of sp³-hybridized carbons (Fsp3) is 0.0345. The number of nitrogens with zero attached hydrogens (tertiary/aromatic N) is 1. The summed E-state index contributed by atoms with van der Waals surface area (Å²) >= 11 is 12.1. The summed E-state index contributed by atoms with van der Waals surface area (Å²) in [4.78, 5) is 37.6. The van der Waals surface area contributed by atoms with Gasteiger partial charge in [0.05, 0.1) is 13.3 Å². The highest BCUT2D eigenvalue weighted by molar-refractivity contribution is 6.31. The molecule has 0 saturated carbocycles. The number of hydrogen-bond donors (Lipinski definition) is 2. The van der Waals surface area contributed by atoms with Gasteiger partial charge in [0.1, 0.15) is 17.1 Å². The average molecular weight is 562 g/mol. The topological polar surface area (TPSA) is 106 Å². The number of nitrogens with one attached hydrogen (secondary N) is 2. The molecule has 2 N–H and O–H groups in total. The van der Waals surface area contributed by atoms with E-state index in [4.69, 9.17) is 32.7 Å². The van der Waals surface area contributed by atoms with E-state index < -0.39 is 11.9 Å². The number of benzene rings is 4. The van der Waals surface area contributed by atoms with E-state index in [0.29, 0.717) is 38.2 Å². The number of ether oxygens (including phenoxy) is 2. The molecule has 4 aromatic rings. The van der Waals surface area contributed by atoms with Gasteiger partial charge in [0, 0.05) is 32.4 Å². The van der Waals surface area contributed by atoms with E-state index >= 15 is 0 Å². The summed E-state index contributed by atoms with van der Waals surface area (Å²) in [6, 6.07) is 24.3. The first-order chi connectivity index (χ1) is 18.8. The van der Waals surface area contributed by atoms with Crippen molar-refractivity contribution in [2.75, 3.05) is 12.4 Å². The van der Waals surface area contributed by atoms with Crippen LogP contribution in [-0.4, -0.2) is 31.1 Å². The van der Waals surface area contributed by atoms with Crippen LogP contribution in [0.1, 0.15) is 36.6 Å². The minimum atomic E-state index is -0.699. The van der Waals surface area contributed by atoms with Crippen LogP contribution < -0.4 is 20.2 Å². The number of methoxy groups -OCH3 is 1. The van der Waals surface area contributed by atoms with Crippen molar-refractivity contribution in [2.24, 2.45) is 5.10 Å². The summed E-state index contributed by atoms with van der Waals surface area (Å²) in [5, 5.41) is 7.45. The van der Waals surface area contributed by atoms with Crippen molar-refractivity contribution in [3.05, 3.63) is 123 Å². The molecular formula is C29H21Cl2N3O5. The zero-order chi connectivity index (χ0) is 27.8. The third-order valence-corrected chi connectivity index (χ3v) is 5.84. The molecule has 0 fully saturated rings. The molecule has 0 bridgehead atoms. The van der Waals surface area contributed by atoms with Gasteiger partial charge in [0.25, 0.3) is 11.8 Å². The van der Waals surface area contributed by atoms with Gasteiger partial charge in [-0.1, -0.05) is 41.4 Å². The van der Waals surface area contributed by atoms with Crippen molar-refractivity contribution >= 4 is 52.9 Å². The molecule has 4 aromatic carbocycles. The number of esters is 1. The standard InChI is InChI=1S/C29H21Cl2N3O5/c1-38-26-14-10-22(31)16-24(26)29(37)39-25-13-9-21(30)15-20(25)17-32-34-28(36)19-7-11-23(12-8-19)33-27(35)18-5-3-2-4-6-18/h2-17H,1H3,(H,33,35)(H,34,36)/b32-17+. The molecule has 0 unspecified atom stereocenters. The van der Waals surface area contributed by atoms with Crippen LogP contribution in [0.15, 0.2) is 96.1 Å². The van der Waals surface area contributed by atoms with E-state index in [1.54, 1.807) is 66.7 Å². The summed E-state index contributed by atoms with van der Waals surface area (Å²) in [5.74, 6) is -0.995. The minimum Gasteiger partial charge on any atom is -0.496 e. The number of carbonyl (C=O) groups excluding carboxylic acids is 3. The van der Waals surface area contributed by atoms with E-state index in [-0.39, 0.29) is 17.2 Å². The molecule has 0 atom stereocenters. The van der Waals surface area contributed by atoms with Gasteiger partial charge in [-0.3, -0.25) is 9.59 Å². The molecule has 0 aliphatic heterocycles. The molecular weight excluding hydrogens is 541 g/mol. The number of hydrogen-bond acceptors (Lipinski definition) is 6. The predicted molar refractivity (Wildman–Crippen MR) is 150 cm³/mol. The first-order valence-corrected chi connectivity index (χ1v) is 12.2. The Balaban J connectivity index is 1.41. The zero-order valence-electron chi connectivity index (χ0n) is 20.5. The molecule has 0 saturated heterocycles. The van der Waals surface area contributed by atoms with Gasteiger partial charge in [0.15, 0.2) is 0 Å². The summed E-state index contributed by atoms with van der Waals surface area (Å²) in [5.41, 5.74) is 4.26. The second-order valence-corrected chi connectivity index (χ2v) is 8.89. The fourth-order valence-electron chi connectivity index (χ4n) is 3.43. The van der Waals surface area contributed by atoms with E-state index in [2.05, 4.69) is 15.8 Å². The lowest BCUT2D eigenvalue weighted by atomic mass is 10.1. The predicted octanol–water partition coefficient (Wildman–Crippen LogP) is 6.24. The Hall–Kier alpha value is -4.66. The van der Waals surface area contributed by atoms with E-state index in [1.165, 1.54) is 31.5 Å². The van der Waals surface area contributed by atoms with Crippen LogP contribution >= 0.6 is 23.2 Å². The lowest BCUT2D eigenvalue weighted by Crippen LogP contribution is -2.18. The number of carbonyl (C=O) groups is 3. The number of halogens is 2. The van der Waals surface area contributed by atoms with Crippen LogP contribution in [0, 0.1) is 0 Å². The molecule has 8 nitrogen and oxygen atoms in total. The van der Waals surface area contributed by atoms with Crippen LogP contribution in [0.3, 0.4) is 0 Å². The van der Waals surface area contributed by atoms with Crippen LogP contribution in [0.25, 0.3) is 0 Å². The molecule has 0 aliphatic rings. The lowest BCUT2D eigenvalue weighted by molar-refractivity contribution is 0.0730. The monoisotopic (exact) mass is 561 g/mol. The van der Waals surface area contributed by atoms with Crippen molar-refractivity contribution in [1.82, 2.24) is 5.43 Å². The lowest BCUT2D eigenvalue weighted by Gasteiger charge is -2.11. The maximum atomic E-state index is 12.8. The van der Waals surface area contributed by atoms with E-state index in [0.717, 1.165) is 0 Å². The zero-order valence-corrected chi connectivity index (χ0v) is 22.0. The molecule has 0 radical (unpaired) electrons. The Morgan fingerprint density at radius 1 is 0.769 bits per heavy atom. The SMILES string of the molecule is COc1ccc(Cl)cc1C(=O)Oc1ccc(Cl)cc1/C=N/NC(=O)c1ccc(NC(=O)c2ccccc2)cc1. The first-order valence-electron chi connectivity index (χ1n) is 11.5. The van der Waals surface area contributed by atoms with Crippen LogP contribution in [-0.2, 0) is 0 Å². The van der Waals surface area contributed by atoms with Crippen molar-refractivity contribution in [3.8, 4) is 11.5 Å². The van der Waals surface area contributed by atoms with Crippen molar-refractivity contribution in [2.45, 2.75) is 0 Å². The Labute approximate surface area is 234 Å². The van der Waals surface area contributed by atoms with Gasteiger partial charge in [-0.05, 0) is 72.8 Å². The van der Waals surface area contributed by atoms with E-state index in [9.17, 15) is 14.4 Å². The average Bonchev–Trinajstić information content (AvgIpc) is 2.95. The highest BCUT2D eigenvalue weighted by Gasteiger charge is 2.17. The van der Waals surface area contributed by atoms with Gasteiger partial charge in [-0.2, -0.15) is 5.10 Å². The third-order valence-electron chi connectivity index (χ3n) is 5.37. The first kappa shape index (κ1) is 27.4. The molecule has 4 rings (SSSR count). The number of rotatable bonds is 8. The Morgan fingerprint density at radius 3 is 2.10 bits per heavy atom. The van der Waals surface area contributed by atoms with Gasteiger partial charge in [0.2, 0.25) is 0 Å². The molecule has 0 aliphatic carbocycles. The molecule has 2 amide bonds. The quantitative estimate of drug-likeness (QED) is 0.115. The van der Waals surface area contributed by atoms with Crippen LogP contribution in [0.4, 0.5) is 5.69 Å².